The molecule has 0 bridgehead atoms. The maximum Gasteiger partial charge on any atom is 0.0642 e. The van der Waals surface area contributed by atoms with Crippen LogP contribution >= 0.6 is 0 Å². The van der Waals surface area contributed by atoms with Crippen molar-refractivity contribution in [3.63, 3.8) is 0 Å². The first-order valence-electron chi connectivity index (χ1n) is 5.32. The average molecular weight is 207 g/mol. The van der Waals surface area contributed by atoms with Gasteiger partial charge in [-0.1, -0.05) is 0 Å². The summed E-state index contributed by atoms with van der Waals surface area (Å²) in [6, 6.07) is 4.20. The van der Waals surface area contributed by atoms with Gasteiger partial charge in [0.05, 0.1) is 18.9 Å². The van der Waals surface area contributed by atoms with Crippen LogP contribution in [-0.4, -0.2) is 38.3 Å². The van der Waals surface area contributed by atoms with Crippen LogP contribution in [0.25, 0.3) is 0 Å². The zero-order valence-corrected chi connectivity index (χ0v) is 9.07. The van der Waals surface area contributed by atoms with Crippen molar-refractivity contribution in [2.24, 2.45) is 0 Å². The number of hydrogen-bond donors (Lipinski definition) is 1. The molecule has 0 aliphatic carbocycles. The van der Waals surface area contributed by atoms with Crippen LogP contribution in [0.4, 0.5) is 5.69 Å². The van der Waals surface area contributed by atoms with E-state index in [4.69, 9.17) is 4.74 Å². The van der Waals surface area contributed by atoms with Crippen LogP contribution < -0.4 is 10.2 Å². The lowest BCUT2D eigenvalue weighted by Crippen LogP contribution is -2.36. The maximum absolute atomic E-state index is 5.33. The molecular weight excluding hydrogens is 190 g/mol. The van der Waals surface area contributed by atoms with E-state index < -0.39 is 0 Å². The second-order valence-corrected chi connectivity index (χ2v) is 3.64. The number of nitrogens with zero attached hydrogens (tertiary/aromatic N) is 2. The van der Waals surface area contributed by atoms with E-state index >= 15 is 0 Å². The zero-order valence-electron chi connectivity index (χ0n) is 9.07. The first-order chi connectivity index (χ1) is 7.40. The van der Waals surface area contributed by atoms with Crippen molar-refractivity contribution >= 4 is 5.69 Å². The Labute approximate surface area is 90.3 Å². The summed E-state index contributed by atoms with van der Waals surface area (Å²) in [4.78, 5) is 6.64. The van der Waals surface area contributed by atoms with Gasteiger partial charge in [-0.3, -0.25) is 4.98 Å². The summed E-state index contributed by atoms with van der Waals surface area (Å²) in [5.41, 5.74) is 2.33. The highest BCUT2D eigenvalue weighted by Gasteiger charge is 2.11. The summed E-state index contributed by atoms with van der Waals surface area (Å²) < 4.78 is 5.33. The lowest BCUT2D eigenvalue weighted by atomic mass is 10.2. The highest BCUT2D eigenvalue weighted by Crippen LogP contribution is 2.15. The molecule has 1 N–H and O–H groups in total. The monoisotopic (exact) mass is 207 g/mol. The van der Waals surface area contributed by atoms with Gasteiger partial charge in [0.2, 0.25) is 0 Å². The second-order valence-electron chi connectivity index (χ2n) is 3.64. The molecule has 1 fully saturated rings. The minimum absolute atomic E-state index is 0.818. The SMILES string of the molecule is CNCc1cc(N2CCOCC2)ccn1. The fourth-order valence-electron chi connectivity index (χ4n) is 1.76. The Kier molecular flexibility index (Phi) is 3.53. The molecule has 0 aromatic carbocycles. The number of ether oxygens (including phenoxy) is 1. The standard InChI is InChI=1S/C11H17N3O/c1-12-9-10-8-11(2-3-13-10)14-4-6-15-7-5-14/h2-3,8,12H,4-7,9H2,1H3. The van der Waals surface area contributed by atoms with Gasteiger partial charge in [-0.05, 0) is 19.2 Å². The van der Waals surface area contributed by atoms with E-state index in [1.807, 2.05) is 13.2 Å². The average Bonchev–Trinajstić information content (AvgIpc) is 2.31. The maximum atomic E-state index is 5.33. The van der Waals surface area contributed by atoms with E-state index in [2.05, 4.69) is 27.3 Å². The molecule has 82 valence electrons. The summed E-state index contributed by atoms with van der Waals surface area (Å²) in [6.07, 6.45) is 1.87. The number of pyridine rings is 1. The summed E-state index contributed by atoms with van der Waals surface area (Å²) in [5.74, 6) is 0. The molecule has 15 heavy (non-hydrogen) atoms. The molecular formula is C11H17N3O. The van der Waals surface area contributed by atoms with E-state index in [9.17, 15) is 0 Å². The van der Waals surface area contributed by atoms with Gasteiger partial charge < -0.3 is 15.0 Å². The molecule has 0 radical (unpaired) electrons. The summed E-state index contributed by atoms with van der Waals surface area (Å²) >= 11 is 0. The molecule has 1 aliphatic heterocycles. The Morgan fingerprint density at radius 1 is 1.47 bits per heavy atom. The van der Waals surface area contributed by atoms with Gasteiger partial charge in [-0.15, -0.1) is 0 Å². The van der Waals surface area contributed by atoms with E-state index in [-0.39, 0.29) is 0 Å². The largest absolute Gasteiger partial charge is 0.378 e. The molecule has 1 aromatic heterocycles. The van der Waals surface area contributed by atoms with Crippen LogP contribution in [0.5, 0.6) is 0 Å². The molecule has 1 aliphatic rings. The van der Waals surface area contributed by atoms with Gasteiger partial charge in [0.1, 0.15) is 0 Å². The van der Waals surface area contributed by atoms with Crippen LogP contribution in [-0.2, 0) is 11.3 Å². The van der Waals surface area contributed by atoms with Gasteiger partial charge in [0.25, 0.3) is 0 Å². The van der Waals surface area contributed by atoms with Crippen molar-refractivity contribution < 1.29 is 4.74 Å². The van der Waals surface area contributed by atoms with Gasteiger partial charge >= 0.3 is 0 Å². The van der Waals surface area contributed by atoms with Crippen LogP contribution in [0.1, 0.15) is 5.69 Å². The van der Waals surface area contributed by atoms with Crippen LogP contribution in [0, 0.1) is 0 Å². The smallest absolute Gasteiger partial charge is 0.0642 e. The van der Waals surface area contributed by atoms with Crippen LogP contribution in [0.2, 0.25) is 0 Å². The second kappa shape index (κ2) is 5.09. The molecule has 4 heteroatoms. The molecule has 2 heterocycles. The molecule has 1 saturated heterocycles. The highest BCUT2D eigenvalue weighted by molar-refractivity contribution is 5.46. The Balaban J connectivity index is 2.09. The fourth-order valence-corrected chi connectivity index (χ4v) is 1.76. The van der Waals surface area contributed by atoms with Gasteiger partial charge in [0, 0.05) is 31.5 Å². The topological polar surface area (TPSA) is 37.4 Å². The normalized spacial score (nSPS) is 16.7. The molecule has 0 saturated carbocycles. The minimum Gasteiger partial charge on any atom is -0.378 e. The number of aromatic nitrogens is 1. The molecule has 0 amide bonds. The summed E-state index contributed by atoms with van der Waals surface area (Å²) in [5, 5.41) is 3.11. The van der Waals surface area contributed by atoms with E-state index in [0.717, 1.165) is 38.5 Å². The first kappa shape index (κ1) is 10.4. The fraction of sp³-hybridized carbons (Fsp3) is 0.545. The number of rotatable bonds is 3. The molecule has 1 aromatic rings. The van der Waals surface area contributed by atoms with Crippen LogP contribution in [0.3, 0.4) is 0 Å². The third kappa shape index (κ3) is 2.67. The number of nitrogens with one attached hydrogen (secondary N) is 1. The molecule has 2 rings (SSSR count). The van der Waals surface area contributed by atoms with E-state index in [1.54, 1.807) is 0 Å². The van der Waals surface area contributed by atoms with E-state index in [0.29, 0.717) is 0 Å². The predicted molar refractivity (Wildman–Crippen MR) is 60.0 cm³/mol. The van der Waals surface area contributed by atoms with Crippen molar-refractivity contribution in [3.8, 4) is 0 Å². The molecule has 0 spiro atoms. The number of hydrogen-bond acceptors (Lipinski definition) is 4. The first-order valence-corrected chi connectivity index (χ1v) is 5.32. The third-order valence-electron chi connectivity index (χ3n) is 2.53. The van der Waals surface area contributed by atoms with Gasteiger partial charge in [-0.2, -0.15) is 0 Å². The van der Waals surface area contributed by atoms with Crippen LogP contribution in [0.15, 0.2) is 18.3 Å². The quantitative estimate of drug-likeness (QED) is 0.789. The van der Waals surface area contributed by atoms with E-state index in [1.165, 1.54) is 5.69 Å². The third-order valence-corrected chi connectivity index (χ3v) is 2.53. The minimum atomic E-state index is 0.818. The highest BCUT2D eigenvalue weighted by atomic mass is 16.5. The van der Waals surface area contributed by atoms with Crippen molar-refractivity contribution in [2.75, 3.05) is 38.3 Å². The number of anilines is 1. The zero-order chi connectivity index (χ0) is 10.5. The summed E-state index contributed by atoms with van der Waals surface area (Å²) in [7, 11) is 1.93. The Morgan fingerprint density at radius 2 is 2.27 bits per heavy atom. The van der Waals surface area contributed by atoms with Crippen molar-refractivity contribution in [1.29, 1.82) is 0 Å². The molecule has 4 nitrogen and oxygen atoms in total. The Bertz CT molecular complexity index is 310. The van der Waals surface area contributed by atoms with Gasteiger partial charge in [0.15, 0.2) is 0 Å². The van der Waals surface area contributed by atoms with Gasteiger partial charge in [-0.25, -0.2) is 0 Å². The number of morpholine rings is 1. The molecule has 0 unspecified atom stereocenters. The predicted octanol–water partition coefficient (Wildman–Crippen LogP) is 0.638. The Hall–Kier alpha value is -1.13. The summed E-state index contributed by atoms with van der Waals surface area (Å²) in [6.45, 7) is 4.41. The molecule has 0 atom stereocenters. The van der Waals surface area contributed by atoms with Crippen molar-refractivity contribution in [2.45, 2.75) is 6.54 Å². The lowest BCUT2D eigenvalue weighted by molar-refractivity contribution is 0.122. The lowest BCUT2D eigenvalue weighted by Gasteiger charge is -2.28. The Morgan fingerprint density at radius 3 is 3.00 bits per heavy atom. The van der Waals surface area contributed by atoms with Crippen molar-refractivity contribution in [1.82, 2.24) is 10.3 Å². The van der Waals surface area contributed by atoms with Crippen molar-refractivity contribution in [3.05, 3.63) is 24.0 Å².